The number of aliphatic hydroxyl groups is 4. The van der Waals surface area contributed by atoms with E-state index in [4.69, 9.17) is 9.47 Å². The Balaban J connectivity index is 1.36. The fourth-order valence-electron chi connectivity index (χ4n) is 12.7. The van der Waals surface area contributed by atoms with Crippen molar-refractivity contribution in [2.75, 3.05) is 0 Å². The molecule has 2 saturated heterocycles. The number of hydrogen-bond acceptors (Lipinski definition) is 6. The van der Waals surface area contributed by atoms with Gasteiger partial charge in [-0.25, -0.2) is 0 Å². The summed E-state index contributed by atoms with van der Waals surface area (Å²) < 4.78 is 13.4. The molecule has 6 nitrogen and oxygen atoms in total. The molecule has 2 aliphatic heterocycles. The average Bonchev–Trinajstić information content (AvgIpc) is 3.27. The third-order valence-electron chi connectivity index (χ3n) is 14.2. The van der Waals surface area contributed by atoms with Gasteiger partial charge in [-0.15, -0.1) is 0 Å². The van der Waals surface area contributed by atoms with Gasteiger partial charge in [0, 0.05) is 16.7 Å². The summed E-state index contributed by atoms with van der Waals surface area (Å²) in [5.74, 6) is -0.405. The molecule has 2 bridgehead atoms. The lowest BCUT2D eigenvalue weighted by atomic mass is 9.40. The highest BCUT2D eigenvalue weighted by Gasteiger charge is 2.89. The van der Waals surface area contributed by atoms with Crippen molar-refractivity contribution in [1.29, 1.82) is 0 Å². The normalized spacial score (nSPS) is 64.6. The topological polar surface area (TPSA) is 99.4 Å². The van der Waals surface area contributed by atoms with Crippen LogP contribution in [0.25, 0.3) is 0 Å². The maximum Gasteiger partial charge on any atom is 0.199 e. The maximum absolute atomic E-state index is 12.5. The van der Waals surface area contributed by atoms with Crippen molar-refractivity contribution in [3.05, 3.63) is 0 Å². The Kier molecular flexibility index (Phi) is 4.51. The van der Waals surface area contributed by atoms with Crippen molar-refractivity contribution >= 4 is 0 Å². The van der Waals surface area contributed by atoms with Gasteiger partial charge in [0.25, 0.3) is 0 Å². The standard InChI is InChI=1S/C30H48O6/c1-15-12-16-22(25(4,5)34)36-30(35-16)21(15)27(7)20(32)13-29-14-28(29)11-10-19(31)24(2,3)17(28)8-9-18(29)26(27,6)23(30)33/h15-23,31-34H,8-14H2,1-7H3/t15-,16-,17+,18+,19+,20-,21-,22+,23-,26-,27-,28-,29+,30+/m1/s1. The molecular formula is C30H48O6. The van der Waals surface area contributed by atoms with Crippen LogP contribution in [0.2, 0.25) is 0 Å². The maximum atomic E-state index is 12.5. The van der Waals surface area contributed by atoms with Crippen molar-refractivity contribution < 1.29 is 29.9 Å². The second-order valence-electron chi connectivity index (χ2n) is 16.0. The van der Waals surface area contributed by atoms with E-state index in [2.05, 4.69) is 34.6 Å². The highest BCUT2D eigenvalue weighted by atomic mass is 16.8. The molecule has 5 saturated carbocycles. The summed E-state index contributed by atoms with van der Waals surface area (Å²) >= 11 is 0. The Bertz CT molecular complexity index is 990. The average molecular weight is 505 g/mol. The summed E-state index contributed by atoms with van der Waals surface area (Å²) in [6, 6.07) is 0. The van der Waals surface area contributed by atoms with Gasteiger partial charge in [-0.2, -0.15) is 0 Å². The van der Waals surface area contributed by atoms with Gasteiger partial charge in [0.2, 0.25) is 0 Å². The summed E-state index contributed by atoms with van der Waals surface area (Å²) in [6.07, 6.45) is 4.11. The van der Waals surface area contributed by atoms with Crippen LogP contribution < -0.4 is 0 Å². The van der Waals surface area contributed by atoms with Gasteiger partial charge >= 0.3 is 0 Å². The van der Waals surface area contributed by atoms with Gasteiger partial charge in [0.05, 0.1) is 23.9 Å². The van der Waals surface area contributed by atoms with Crippen LogP contribution in [0.3, 0.4) is 0 Å². The molecule has 0 aromatic carbocycles. The van der Waals surface area contributed by atoms with Crippen LogP contribution in [-0.2, 0) is 9.47 Å². The molecule has 7 aliphatic rings. The van der Waals surface area contributed by atoms with Crippen LogP contribution in [0.4, 0.5) is 0 Å². The fraction of sp³-hybridized carbons (Fsp3) is 1.00. The van der Waals surface area contributed by atoms with Crippen molar-refractivity contribution in [3.63, 3.8) is 0 Å². The van der Waals surface area contributed by atoms with E-state index < -0.39 is 40.5 Å². The first kappa shape index (κ1) is 24.8. The molecule has 0 unspecified atom stereocenters. The van der Waals surface area contributed by atoms with Crippen LogP contribution in [-0.4, -0.2) is 62.3 Å². The monoisotopic (exact) mass is 504 g/mol. The smallest absolute Gasteiger partial charge is 0.199 e. The molecule has 7 rings (SSSR count). The first-order chi connectivity index (χ1) is 16.5. The van der Waals surface area contributed by atoms with Gasteiger partial charge in [0.15, 0.2) is 5.79 Å². The molecular weight excluding hydrogens is 456 g/mol. The van der Waals surface area contributed by atoms with Gasteiger partial charge in [-0.3, -0.25) is 0 Å². The Morgan fingerprint density at radius 3 is 2.17 bits per heavy atom. The summed E-state index contributed by atoms with van der Waals surface area (Å²) in [5.41, 5.74) is -2.17. The second-order valence-corrected chi connectivity index (χ2v) is 16.0. The van der Waals surface area contributed by atoms with Crippen LogP contribution in [0.5, 0.6) is 0 Å². The van der Waals surface area contributed by atoms with E-state index in [-0.39, 0.29) is 46.2 Å². The van der Waals surface area contributed by atoms with E-state index in [9.17, 15) is 20.4 Å². The fourth-order valence-corrected chi connectivity index (χ4v) is 12.7. The molecule has 204 valence electrons. The number of fused-ring (bicyclic) bond motifs is 4. The van der Waals surface area contributed by atoms with Crippen molar-refractivity contribution in [2.45, 2.75) is 135 Å². The lowest BCUT2D eigenvalue weighted by molar-refractivity contribution is -0.283. The predicted octanol–water partition coefficient (Wildman–Crippen LogP) is 3.63. The van der Waals surface area contributed by atoms with Gasteiger partial charge < -0.3 is 29.9 Å². The molecule has 5 aliphatic carbocycles. The summed E-state index contributed by atoms with van der Waals surface area (Å²) in [6.45, 7) is 14.7. The Morgan fingerprint density at radius 1 is 0.833 bits per heavy atom. The van der Waals surface area contributed by atoms with Gasteiger partial charge in [-0.1, -0.05) is 34.6 Å². The zero-order valence-corrected chi connectivity index (χ0v) is 23.3. The largest absolute Gasteiger partial charge is 0.393 e. The third kappa shape index (κ3) is 2.29. The molecule has 4 N–H and O–H groups in total. The minimum Gasteiger partial charge on any atom is -0.393 e. The first-order valence-electron chi connectivity index (χ1n) is 14.7. The molecule has 14 atom stereocenters. The summed E-state index contributed by atoms with van der Waals surface area (Å²) in [5, 5.41) is 46.6. The van der Waals surface area contributed by atoms with Crippen molar-refractivity contribution in [2.24, 2.45) is 50.7 Å². The molecule has 0 radical (unpaired) electrons. The molecule has 36 heavy (non-hydrogen) atoms. The van der Waals surface area contributed by atoms with Crippen LogP contribution in [0.1, 0.15) is 93.4 Å². The van der Waals surface area contributed by atoms with E-state index in [0.717, 1.165) is 44.9 Å². The van der Waals surface area contributed by atoms with Gasteiger partial charge in [0.1, 0.15) is 12.2 Å². The summed E-state index contributed by atoms with van der Waals surface area (Å²) in [4.78, 5) is 0. The van der Waals surface area contributed by atoms with Crippen LogP contribution in [0.15, 0.2) is 0 Å². The summed E-state index contributed by atoms with van der Waals surface area (Å²) in [7, 11) is 0. The second kappa shape index (κ2) is 6.55. The number of hydrogen-bond donors (Lipinski definition) is 4. The van der Waals surface area contributed by atoms with Crippen molar-refractivity contribution in [1.82, 2.24) is 0 Å². The quantitative estimate of drug-likeness (QED) is 0.435. The third-order valence-corrected chi connectivity index (χ3v) is 14.2. The highest BCUT2D eigenvalue weighted by Crippen LogP contribution is 2.90. The van der Waals surface area contributed by atoms with Crippen LogP contribution in [0, 0.1) is 50.7 Å². The van der Waals surface area contributed by atoms with Gasteiger partial charge in [-0.05, 0) is 92.8 Å². The minimum atomic E-state index is -1.19. The predicted molar refractivity (Wildman–Crippen MR) is 134 cm³/mol. The molecule has 6 heteroatoms. The highest BCUT2D eigenvalue weighted by molar-refractivity contribution is 5.35. The van der Waals surface area contributed by atoms with Crippen LogP contribution >= 0.6 is 0 Å². The van der Waals surface area contributed by atoms with E-state index in [1.807, 2.05) is 0 Å². The SMILES string of the molecule is C[C@@H]1C[C@H]2O[C@@]3(O[C@@H]2C(C)(C)O)[C@H](O)[C@@]2(C)[C@@H]4CC[C@H]5C(C)(C)[C@@H](O)CC[C@@]56C[C@@]46C[C@@H](O)[C@]2(C)[C@@H]13. The number of ether oxygens (including phenoxy) is 2. The molecule has 0 aromatic heterocycles. The zero-order chi connectivity index (χ0) is 26.1. The molecule has 0 amide bonds. The molecule has 7 fully saturated rings. The van der Waals surface area contributed by atoms with E-state index >= 15 is 0 Å². The Labute approximate surface area is 216 Å². The first-order valence-corrected chi connectivity index (χ1v) is 14.7. The van der Waals surface area contributed by atoms with Crippen molar-refractivity contribution in [3.8, 4) is 0 Å². The minimum absolute atomic E-state index is 0.00299. The van der Waals surface area contributed by atoms with E-state index in [1.165, 1.54) is 0 Å². The number of rotatable bonds is 1. The molecule has 2 heterocycles. The molecule has 0 aromatic rings. The van der Waals surface area contributed by atoms with E-state index in [0.29, 0.717) is 5.92 Å². The Hall–Kier alpha value is -0.240. The zero-order valence-electron chi connectivity index (χ0n) is 23.3. The lowest BCUT2D eigenvalue weighted by Crippen LogP contribution is -2.64. The Morgan fingerprint density at radius 2 is 1.50 bits per heavy atom. The molecule has 3 spiro atoms. The number of aliphatic hydroxyl groups excluding tert-OH is 3. The van der Waals surface area contributed by atoms with E-state index in [1.54, 1.807) is 13.8 Å². The lowest BCUT2D eigenvalue weighted by Gasteiger charge is -2.64.